The molecular weight excluding hydrogens is 302 g/mol. The topological polar surface area (TPSA) is 66.3 Å². The number of hydrogen-bond acceptors (Lipinski definition) is 3. The standard InChI is InChI=1S/C19H21N3O2/c1-14(23)21-17-8-6-16(7-9-17)20-12-18(24)13-22-11-10-15-4-2-3-5-19(15)22/h2-11,18,20,24H,12-13H2,1H3,(H,21,23). The average molecular weight is 323 g/mol. The number of aliphatic hydroxyl groups excluding tert-OH is 1. The van der Waals surface area contributed by atoms with Gasteiger partial charge >= 0.3 is 0 Å². The van der Waals surface area contributed by atoms with E-state index in [0.29, 0.717) is 13.1 Å². The first kappa shape index (κ1) is 16.1. The predicted octanol–water partition coefficient (Wildman–Crippen LogP) is 3.07. The van der Waals surface area contributed by atoms with Crippen LogP contribution in [-0.2, 0) is 11.3 Å². The van der Waals surface area contributed by atoms with Gasteiger partial charge in [0.1, 0.15) is 0 Å². The molecule has 1 amide bonds. The summed E-state index contributed by atoms with van der Waals surface area (Å²) in [5.41, 5.74) is 2.78. The molecule has 1 aromatic heterocycles. The van der Waals surface area contributed by atoms with Crippen LogP contribution in [0.15, 0.2) is 60.8 Å². The van der Waals surface area contributed by atoms with Crippen LogP contribution in [0.25, 0.3) is 10.9 Å². The van der Waals surface area contributed by atoms with E-state index < -0.39 is 6.10 Å². The number of hydrogen-bond donors (Lipinski definition) is 3. The van der Waals surface area contributed by atoms with Gasteiger partial charge in [-0.3, -0.25) is 4.79 Å². The van der Waals surface area contributed by atoms with E-state index in [4.69, 9.17) is 0 Å². The molecule has 5 nitrogen and oxygen atoms in total. The third kappa shape index (κ3) is 3.94. The molecule has 2 aromatic carbocycles. The van der Waals surface area contributed by atoms with E-state index >= 15 is 0 Å². The summed E-state index contributed by atoms with van der Waals surface area (Å²) < 4.78 is 2.06. The third-order valence-corrected chi connectivity index (χ3v) is 3.83. The van der Waals surface area contributed by atoms with Gasteiger partial charge in [-0.1, -0.05) is 18.2 Å². The summed E-state index contributed by atoms with van der Waals surface area (Å²) in [5.74, 6) is -0.0925. The molecule has 5 heteroatoms. The lowest BCUT2D eigenvalue weighted by Gasteiger charge is -2.15. The van der Waals surface area contributed by atoms with E-state index in [-0.39, 0.29) is 5.91 Å². The van der Waals surface area contributed by atoms with Crippen molar-refractivity contribution in [1.82, 2.24) is 4.57 Å². The number of carbonyl (C=O) groups excluding carboxylic acids is 1. The lowest BCUT2D eigenvalue weighted by Crippen LogP contribution is -2.24. The molecule has 0 saturated heterocycles. The number of carbonyl (C=O) groups is 1. The SMILES string of the molecule is CC(=O)Nc1ccc(NCC(O)Cn2ccc3ccccc32)cc1. The van der Waals surface area contributed by atoms with Crippen LogP contribution in [0.2, 0.25) is 0 Å². The van der Waals surface area contributed by atoms with Gasteiger partial charge in [-0.15, -0.1) is 0 Å². The summed E-state index contributed by atoms with van der Waals surface area (Å²) in [6.45, 7) is 2.46. The van der Waals surface area contributed by atoms with Gasteiger partial charge in [0.2, 0.25) is 5.91 Å². The Morgan fingerprint density at radius 1 is 1.08 bits per heavy atom. The van der Waals surface area contributed by atoms with E-state index in [1.54, 1.807) is 0 Å². The van der Waals surface area contributed by atoms with E-state index in [1.807, 2.05) is 42.6 Å². The molecule has 124 valence electrons. The number of para-hydroxylation sites is 1. The van der Waals surface area contributed by atoms with Crippen molar-refractivity contribution in [3.05, 3.63) is 60.8 Å². The molecule has 0 aliphatic rings. The number of benzene rings is 2. The normalized spacial score (nSPS) is 12.1. The van der Waals surface area contributed by atoms with Crippen LogP contribution in [-0.4, -0.2) is 28.2 Å². The van der Waals surface area contributed by atoms with Gasteiger partial charge in [-0.2, -0.15) is 0 Å². The zero-order chi connectivity index (χ0) is 16.9. The highest BCUT2D eigenvalue weighted by molar-refractivity contribution is 5.88. The second-order valence-corrected chi connectivity index (χ2v) is 5.82. The van der Waals surface area contributed by atoms with Crippen molar-refractivity contribution in [1.29, 1.82) is 0 Å². The third-order valence-electron chi connectivity index (χ3n) is 3.83. The Morgan fingerprint density at radius 3 is 2.54 bits per heavy atom. The molecule has 1 heterocycles. The monoisotopic (exact) mass is 323 g/mol. The number of fused-ring (bicyclic) bond motifs is 1. The van der Waals surface area contributed by atoms with Crippen molar-refractivity contribution < 1.29 is 9.90 Å². The van der Waals surface area contributed by atoms with Crippen molar-refractivity contribution in [3.63, 3.8) is 0 Å². The molecule has 0 saturated carbocycles. The number of aromatic nitrogens is 1. The molecule has 0 fully saturated rings. The van der Waals surface area contributed by atoms with E-state index in [0.717, 1.165) is 16.9 Å². The summed E-state index contributed by atoms with van der Waals surface area (Å²) in [5, 5.41) is 17.4. The highest BCUT2D eigenvalue weighted by Crippen LogP contribution is 2.16. The lowest BCUT2D eigenvalue weighted by molar-refractivity contribution is -0.114. The first-order valence-electron chi connectivity index (χ1n) is 7.95. The lowest BCUT2D eigenvalue weighted by atomic mass is 10.2. The van der Waals surface area contributed by atoms with Crippen LogP contribution >= 0.6 is 0 Å². The van der Waals surface area contributed by atoms with Crippen LogP contribution in [0.3, 0.4) is 0 Å². The van der Waals surface area contributed by atoms with Gasteiger partial charge in [0.05, 0.1) is 12.6 Å². The molecule has 0 spiro atoms. The Labute approximate surface area is 140 Å². The van der Waals surface area contributed by atoms with Crippen molar-refractivity contribution in [3.8, 4) is 0 Å². The fourth-order valence-corrected chi connectivity index (χ4v) is 2.70. The Bertz CT molecular complexity index is 824. The minimum absolute atomic E-state index is 0.0925. The molecule has 1 unspecified atom stereocenters. The number of aliphatic hydroxyl groups is 1. The molecule has 3 aromatic rings. The van der Waals surface area contributed by atoms with Crippen LogP contribution < -0.4 is 10.6 Å². The van der Waals surface area contributed by atoms with E-state index in [9.17, 15) is 9.90 Å². The van der Waals surface area contributed by atoms with Gasteiger partial charge < -0.3 is 20.3 Å². The van der Waals surface area contributed by atoms with Crippen LogP contribution in [0.5, 0.6) is 0 Å². The fourth-order valence-electron chi connectivity index (χ4n) is 2.70. The maximum atomic E-state index is 11.0. The summed E-state index contributed by atoms with van der Waals surface area (Å²) in [6, 6.07) is 17.6. The van der Waals surface area contributed by atoms with Crippen LogP contribution in [0.1, 0.15) is 6.92 Å². The number of amides is 1. The Balaban J connectivity index is 1.55. The Morgan fingerprint density at radius 2 is 1.79 bits per heavy atom. The van der Waals surface area contributed by atoms with Crippen molar-refractivity contribution in [2.75, 3.05) is 17.2 Å². The molecule has 0 radical (unpaired) electrons. The predicted molar refractivity (Wildman–Crippen MR) is 97.2 cm³/mol. The summed E-state index contributed by atoms with van der Waals surface area (Å²) in [7, 11) is 0. The molecular formula is C19H21N3O2. The fraction of sp³-hybridized carbons (Fsp3) is 0.211. The molecule has 0 bridgehead atoms. The Kier molecular flexibility index (Phi) is 4.82. The van der Waals surface area contributed by atoms with E-state index in [1.165, 1.54) is 12.3 Å². The number of nitrogens with one attached hydrogen (secondary N) is 2. The maximum Gasteiger partial charge on any atom is 0.221 e. The van der Waals surface area contributed by atoms with Crippen molar-refractivity contribution >= 4 is 28.2 Å². The number of anilines is 2. The van der Waals surface area contributed by atoms with Crippen LogP contribution in [0, 0.1) is 0 Å². The van der Waals surface area contributed by atoms with Gasteiger partial charge in [0, 0.05) is 36.6 Å². The molecule has 24 heavy (non-hydrogen) atoms. The average Bonchev–Trinajstić information content (AvgIpc) is 2.97. The zero-order valence-corrected chi connectivity index (χ0v) is 13.6. The van der Waals surface area contributed by atoms with Crippen LogP contribution in [0.4, 0.5) is 11.4 Å². The van der Waals surface area contributed by atoms with Crippen molar-refractivity contribution in [2.24, 2.45) is 0 Å². The van der Waals surface area contributed by atoms with Crippen molar-refractivity contribution in [2.45, 2.75) is 19.6 Å². The number of nitrogens with zero attached hydrogens (tertiary/aromatic N) is 1. The maximum absolute atomic E-state index is 11.0. The summed E-state index contributed by atoms with van der Waals surface area (Å²) in [4.78, 5) is 11.0. The van der Waals surface area contributed by atoms with Gasteiger partial charge in [-0.25, -0.2) is 0 Å². The second-order valence-electron chi connectivity index (χ2n) is 5.82. The molecule has 0 aliphatic carbocycles. The highest BCUT2D eigenvalue weighted by Gasteiger charge is 2.07. The first-order chi connectivity index (χ1) is 11.6. The molecule has 3 rings (SSSR count). The number of rotatable bonds is 6. The van der Waals surface area contributed by atoms with Gasteiger partial charge in [0.15, 0.2) is 0 Å². The molecule has 0 aliphatic heterocycles. The van der Waals surface area contributed by atoms with Gasteiger partial charge in [-0.05, 0) is 41.8 Å². The quantitative estimate of drug-likeness (QED) is 0.653. The summed E-state index contributed by atoms with van der Waals surface area (Å²) in [6.07, 6.45) is 1.49. The van der Waals surface area contributed by atoms with E-state index in [2.05, 4.69) is 33.4 Å². The first-order valence-corrected chi connectivity index (χ1v) is 7.95. The molecule has 3 N–H and O–H groups in total. The van der Waals surface area contributed by atoms with Gasteiger partial charge in [0.25, 0.3) is 0 Å². The minimum Gasteiger partial charge on any atom is -0.389 e. The zero-order valence-electron chi connectivity index (χ0n) is 13.6. The Hall–Kier alpha value is -2.79. The minimum atomic E-state index is -0.504. The second kappa shape index (κ2) is 7.19. The molecule has 1 atom stereocenters. The highest BCUT2D eigenvalue weighted by atomic mass is 16.3. The smallest absolute Gasteiger partial charge is 0.221 e. The largest absolute Gasteiger partial charge is 0.389 e. The summed E-state index contributed by atoms with van der Waals surface area (Å²) >= 11 is 0.